The second-order valence-corrected chi connectivity index (χ2v) is 7.31. The van der Waals surface area contributed by atoms with E-state index in [1.165, 1.54) is 18.4 Å². The molecule has 7 heteroatoms. The molecule has 2 aromatic rings. The summed E-state index contributed by atoms with van der Waals surface area (Å²) in [4.78, 5) is 0.280. The van der Waals surface area contributed by atoms with Crippen molar-refractivity contribution in [3.05, 3.63) is 40.1 Å². The molecule has 5 nitrogen and oxygen atoms in total. The van der Waals surface area contributed by atoms with Gasteiger partial charge in [0.05, 0.1) is 20.8 Å². The number of rotatable bonds is 4. The summed E-state index contributed by atoms with van der Waals surface area (Å²) in [6, 6.07) is 6.36. The average Bonchev–Trinajstić information content (AvgIpc) is 2.61. The van der Waals surface area contributed by atoms with Crippen molar-refractivity contribution in [2.75, 3.05) is 6.26 Å². The number of benzene rings is 1. The summed E-state index contributed by atoms with van der Waals surface area (Å²) in [5.74, 6) is 0.614. The second kappa shape index (κ2) is 5.57. The van der Waals surface area contributed by atoms with E-state index in [0.717, 1.165) is 15.9 Å². The van der Waals surface area contributed by atoms with Gasteiger partial charge < -0.3 is 4.74 Å². The predicted octanol–water partition coefficient (Wildman–Crippen LogP) is 2.47. The molecule has 0 aliphatic rings. The van der Waals surface area contributed by atoms with Crippen molar-refractivity contribution in [2.45, 2.75) is 18.4 Å². The van der Waals surface area contributed by atoms with Gasteiger partial charge in [0.15, 0.2) is 9.84 Å². The molecule has 0 aliphatic carbocycles. The van der Waals surface area contributed by atoms with Gasteiger partial charge in [-0.15, -0.1) is 0 Å². The Morgan fingerprint density at radius 2 is 1.90 bits per heavy atom. The van der Waals surface area contributed by atoms with E-state index >= 15 is 0 Å². The number of nitrogens with zero attached hydrogens (tertiary/aromatic N) is 2. The lowest BCUT2D eigenvalue weighted by molar-refractivity contribution is 0.294. The van der Waals surface area contributed by atoms with E-state index in [1.54, 1.807) is 16.8 Å². The van der Waals surface area contributed by atoms with E-state index in [1.807, 2.05) is 14.0 Å². The van der Waals surface area contributed by atoms with Crippen molar-refractivity contribution in [3.63, 3.8) is 0 Å². The fraction of sp³-hybridized carbons (Fsp3) is 0.308. The molecule has 0 atom stereocenters. The summed E-state index contributed by atoms with van der Waals surface area (Å²) in [6.07, 6.45) is 1.18. The second-order valence-electron chi connectivity index (χ2n) is 4.50. The van der Waals surface area contributed by atoms with Crippen molar-refractivity contribution in [1.29, 1.82) is 0 Å². The maximum Gasteiger partial charge on any atom is 0.175 e. The van der Waals surface area contributed by atoms with Gasteiger partial charge in [0.1, 0.15) is 12.4 Å². The Morgan fingerprint density at radius 3 is 2.35 bits per heavy atom. The number of ether oxygens (including phenoxy) is 1. The largest absolute Gasteiger partial charge is 0.487 e. The van der Waals surface area contributed by atoms with Crippen LogP contribution < -0.4 is 4.74 Å². The normalized spacial score (nSPS) is 11.6. The molecule has 2 rings (SSSR count). The Bertz CT molecular complexity index is 721. The van der Waals surface area contributed by atoms with Crippen LogP contribution in [-0.2, 0) is 23.5 Å². The average molecular weight is 359 g/mol. The lowest BCUT2D eigenvalue weighted by Crippen LogP contribution is -2.04. The highest BCUT2D eigenvalue weighted by atomic mass is 79.9. The molecule has 0 saturated carbocycles. The molecule has 0 saturated heterocycles. The number of aromatic nitrogens is 2. The van der Waals surface area contributed by atoms with E-state index in [0.29, 0.717) is 12.4 Å². The molecular formula is C13H15BrN2O3S. The Morgan fingerprint density at radius 1 is 1.30 bits per heavy atom. The highest BCUT2D eigenvalue weighted by Gasteiger charge is 2.11. The maximum atomic E-state index is 11.4. The minimum Gasteiger partial charge on any atom is -0.487 e. The van der Waals surface area contributed by atoms with Gasteiger partial charge in [-0.05, 0) is 47.1 Å². The van der Waals surface area contributed by atoms with Crippen LogP contribution in [-0.4, -0.2) is 24.5 Å². The lowest BCUT2D eigenvalue weighted by Gasteiger charge is -2.07. The van der Waals surface area contributed by atoms with Crippen molar-refractivity contribution in [2.24, 2.45) is 7.05 Å². The summed E-state index contributed by atoms with van der Waals surface area (Å²) < 4.78 is 31.0. The SMILES string of the molecule is Cc1nn(C)c(COc2ccc(S(C)(=O)=O)cc2)c1Br. The number of hydrogen-bond donors (Lipinski definition) is 0. The van der Waals surface area contributed by atoms with Gasteiger partial charge in [-0.25, -0.2) is 8.42 Å². The van der Waals surface area contributed by atoms with Crippen LogP contribution in [0, 0.1) is 6.92 Å². The fourth-order valence-electron chi connectivity index (χ4n) is 1.77. The van der Waals surface area contributed by atoms with E-state index in [4.69, 9.17) is 4.74 Å². The molecule has 1 aromatic carbocycles. The molecule has 1 aromatic heterocycles. The lowest BCUT2D eigenvalue weighted by atomic mass is 10.3. The molecule has 0 unspecified atom stereocenters. The van der Waals surface area contributed by atoms with Crippen molar-refractivity contribution in [1.82, 2.24) is 9.78 Å². The van der Waals surface area contributed by atoms with E-state index < -0.39 is 9.84 Å². The fourth-order valence-corrected chi connectivity index (χ4v) is 2.85. The number of sulfone groups is 1. The van der Waals surface area contributed by atoms with Crippen LogP contribution >= 0.6 is 15.9 Å². The smallest absolute Gasteiger partial charge is 0.175 e. The van der Waals surface area contributed by atoms with Gasteiger partial charge in [-0.3, -0.25) is 4.68 Å². The summed E-state index contributed by atoms with van der Waals surface area (Å²) in [7, 11) is -1.32. The van der Waals surface area contributed by atoms with E-state index in [9.17, 15) is 8.42 Å². The van der Waals surface area contributed by atoms with Crippen LogP contribution in [0.5, 0.6) is 5.75 Å². The standard InChI is InChI=1S/C13H15BrN2O3S/c1-9-13(14)12(16(2)15-9)8-19-10-4-6-11(7-5-10)20(3,17)18/h4-7H,8H2,1-3H3. The van der Waals surface area contributed by atoms with Crippen LogP contribution in [0.3, 0.4) is 0 Å². The molecule has 0 spiro atoms. The number of hydrogen-bond acceptors (Lipinski definition) is 4. The summed E-state index contributed by atoms with van der Waals surface area (Å²) in [5, 5.41) is 4.28. The molecule has 0 aliphatic heterocycles. The zero-order valence-corrected chi connectivity index (χ0v) is 13.8. The third kappa shape index (κ3) is 3.21. The van der Waals surface area contributed by atoms with E-state index in [2.05, 4.69) is 21.0 Å². The Labute approximate surface area is 126 Å². The molecule has 0 fully saturated rings. The first-order valence-electron chi connectivity index (χ1n) is 5.90. The zero-order chi connectivity index (χ0) is 14.9. The van der Waals surface area contributed by atoms with Gasteiger partial charge in [0, 0.05) is 13.3 Å². The quantitative estimate of drug-likeness (QED) is 0.842. The monoisotopic (exact) mass is 358 g/mol. The zero-order valence-electron chi connectivity index (χ0n) is 11.4. The van der Waals surface area contributed by atoms with Crippen molar-refractivity contribution < 1.29 is 13.2 Å². The van der Waals surface area contributed by atoms with Gasteiger partial charge in [0.2, 0.25) is 0 Å². The Hall–Kier alpha value is -1.34. The highest BCUT2D eigenvalue weighted by molar-refractivity contribution is 9.10. The molecule has 1 heterocycles. The van der Waals surface area contributed by atoms with Gasteiger partial charge in [-0.1, -0.05) is 0 Å². The van der Waals surface area contributed by atoms with Crippen LogP contribution in [0.25, 0.3) is 0 Å². The first-order chi connectivity index (χ1) is 9.29. The summed E-state index contributed by atoms with van der Waals surface area (Å²) in [6.45, 7) is 2.27. The Kier molecular flexibility index (Phi) is 4.19. The third-order valence-electron chi connectivity index (χ3n) is 2.89. The van der Waals surface area contributed by atoms with Crippen molar-refractivity contribution in [3.8, 4) is 5.75 Å². The molecular weight excluding hydrogens is 344 g/mol. The third-order valence-corrected chi connectivity index (χ3v) is 5.05. The highest BCUT2D eigenvalue weighted by Crippen LogP contribution is 2.22. The number of aryl methyl sites for hydroxylation is 2. The van der Waals surface area contributed by atoms with Crippen LogP contribution in [0.15, 0.2) is 33.6 Å². The molecule has 0 bridgehead atoms. The van der Waals surface area contributed by atoms with E-state index in [-0.39, 0.29) is 4.90 Å². The first kappa shape index (κ1) is 15.1. The number of halogens is 1. The van der Waals surface area contributed by atoms with Crippen molar-refractivity contribution >= 4 is 25.8 Å². The maximum absolute atomic E-state index is 11.4. The van der Waals surface area contributed by atoms with Crippen LogP contribution in [0.2, 0.25) is 0 Å². The van der Waals surface area contributed by atoms with Gasteiger partial charge >= 0.3 is 0 Å². The molecule has 0 N–H and O–H groups in total. The van der Waals surface area contributed by atoms with Gasteiger partial charge in [0.25, 0.3) is 0 Å². The topological polar surface area (TPSA) is 61.2 Å². The van der Waals surface area contributed by atoms with Gasteiger partial charge in [-0.2, -0.15) is 5.10 Å². The minimum absolute atomic E-state index is 0.280. The molecule has 0 radical (unpaired) electrons. The predicted molar refractivity (Wildman–Crippen MR) is 79.5 cm³/mol. The Balaban J connectivity index is 2.12. The first-order valence-corrected chi connectivity index (χ1v) is 8.58. The molecule has 0 amide bonds. The molecule has 108 valence electrons. The summed E-state index contributed by atoms with van der Waals surface area (Å²) >= 11 is 3.47. The van der Waals surface area contributed by atoms with Crippen LogP contribution in [0.4, 0.5) is 0 Å². The summed E-state index contributed by atoms with van der Waals surface area (Å²) in [5.41, 5.74) is 1.83. The van der Waals surface area contributed by atoms with Crippen LogP contribution in [0.1, 0.15) is 11.4 Å². The minimum atomic E-state index is -3.17. The molecule has 20 heavy (non-hydrogen) atoms.